The minimum absolute atomic E-state index is 0.111. The van der Waals surface area contributed by atoms with Crippen LogP contribution >= 0.6 is 11.8 Å². The van der Waals surface area contributed by atoms with E-state index in [9.17, 15) is 39.9 Å². The SMILES string of the molecule is CCCCCCCCCCCCCCCCCCCCCCCCCC(=O)N[C@@H](CO[C@H]1O[C@H](CNC(=O)CCCC[C@@H]2SC[C@@H]3NC(=O)N[C@@H]32)[C@H](O)[C@H](O)[C@H]1O)[C@H](O)[C@H](O)CCCCCCCCCCCCCC. The van der Waals surface area contributed by atoms with Gasteiger partial charge in [0.2, 0.25) is 11.8 Å². The average Bonchev–Trinajstić information content (AvgIpc) is 3.97. The Morgan fingerprint density at radius 3 is 1.52 bits per heavy atom. The number of carbonyl (C=O) groups is 3. The molecule has 3 fully saturated rings. The predicted octanol–water partition coefficient (Wildman–Crippen LogP) is 11.3. The van der Waals surface area contributed by atoms with Crippen molar-refractivity contribution in [2.75, 3.05) is 18.9 Å². The molecular formula is C60H114N4O10S. The summed E-state index contributed by atoms with van der Waals surface area (Å²) < 4.78 is 11.8. The lowest BCUT2D eigenvalue weighted by molar-refractivity contribution is -0.297. The summed E-state index contributed by atoms with van der Waals surface area (Å²) in [5.74, 6) is 0.365. The van der Waals surface area contributed by atoms with E-state index >= 15 is 0 Å². The summed E-state index contributed by atoms with van der Waals surface area (Å²) in [7, 11) is 0. The van der Waals surface area contributed by atoms with Crippen LogP contribution in [-0.2, 0) is 19.1 Å². The molecule has 3 rings (SSSR count). The Labute approximate surface area is 460 Å². The van der Waals surface area contributed by atoms with E-state index in [1.54, 1.807) is 0 Å². The maximum atomic E-state index is 13.3. The fourth-order valence-electron chi connectivity index (χ4n) is 11.2. The zero-order chi connectivity index (χ0) is 54.1. The number of hydrogen-bond acceptors (Lipinski definition) is 11. The van der Waals surface area contributed by atoms with Gasteiger partial charge in [-0.1, -0.05) is 239 Å². The largest absolute Gasteiger partial charge is 0.390 e. The molecule has 11 atom stereocenters. The number of aliphatic hydroxyl groups excluding tert-OH is 5. The highest BCUT2D eigenvalue weighted by molar-refractivity contribution is 8.00. The van der Waals surface area contributed by atoms with Crippen LogP contribution in [0, 0.1) is 0 Å². The van der Waals surface area contributed by atoms with E-state index in [2.05, 4.69) is 35.1 Å². The molecule has 0 aromatic rings. The monoisotopic (exact) mass is 1080 g/mol. The van der Waals surface area contributed by atoms with Crippen molar-refractivity contribution in [2.24, 2.45) is 0 Å². The fraction of sp³-hybridized carbons (Fsp3) is 0.950. The smallest absolute Gasteiger partial charge is 0.315 e. The number of amides is 4. The average molecular weight is 1080 g/mol. The maximum Gasteiger partial charge on any atom is 0.315 e. The number of carbonyl (C=O) groups excluding carboxylic acids is 3. The molecule has 0 radical (unpaired) electrons. The molecule has 9 N–H and O–H groups in total. The Hall–Kier alpha value is -1.72. The van der Waals surface area contributed by atoms with Gasteiger partial charge in [0.05, 0.1) is 30.8 Å². The van der Waals surface area contributed by atoms with Crippen molar-refractivity contribution in [3.05, 3.63) is 0 Å². The number of nitrogens with one attached hydrogen (secondary N) is 4. The van der Waals surface area contributed by atoms with E-state index < -0.39 is 49.0 Å². The van der Waals surface area contributed by atoms with Crippen LogP contribution in [0.25, 0.3) is 0 Å². The van der Waals surface area contributed by atoms with Gasteiger partial charge in [0.25, 0.3) is 0 Å². The Kier molecular flexibility index (Phi) is 39.7. The van der Waals surface area contributed by atoms with Gasteiger partial charge in [0.1, 0.15) is 30.5 Å². The van der Waals surface area contributed by atoms with E-state index in [-0.39, 0.29) is 55.9 Å². The second-order valence-corrected chi connectivity index (χ2v) is 24.2. The molecule has 440 valence electrons. The molecule has 3 aliphatic rings. The zero-order valence-electron chi connectivity index (χ0n) is 47.6. The first-order valence-electron chi connectivity index (χ1n) is 31.5. The van der Waals surface area contributed by atoms with Crippen molar-refractivity contribution in [3.63, 3.8) is 0 Å². The Bertz CT molecular complexity index is 1420. The quantitative estimate of drug-likeness (QED) is 0.0206. The Balaban J connectivity index is 1.34. The van der Waals surface area contributed by atoms with Gasteiger partial charge in [0.15, 0.2) is 6.29 Å². The van der Waals surface area contributed by atoms with E-state index in [0.717, 1.165) is 63.5 Å². The first-order chi connectivity index (χ1) is 36.5. The Morgan fingerprint density at radius 2 is 1.03 bits per heavy atom. The number of fused-ring (bicyclic) bond motifs is 1. The van der Waals surface area contributed by atoms with Crippen molar-refractivity contribution < 1.29 is 49.4 Å². The van der Waals surface area contributed by atoms with Gasteiger partial charge in [-0.25, -0.2) is 4.79 Å². The normalized spacial score (nSPS) is 23.6. The van der Waals surface area contributed by atoms with Crippen LogP contribution in [-0.4, -0.2) is 129 Å². The third-order valence-corrected chi connectivity index (χ3v) is 17.7. The maximum absolute atomic E-state index is 13.3. The molecule has 0 bridgehead atoms. The number of urea groups is 1. The molecule has 3 aliphatic heterocycles. The van der Waals surface area contributed by atoms with Crippen LogP contribution in [0.4, 0.5) is 4.79 Å². The van der Waals surface area contributed by atoms with Gasteiger partial charge in [-0.05, 0) is 25.7 Å². The summed E-state index contributed by atoms with van der Waals surface area (Å²) in [6.07, 6.45) is 37.4. The molecule has 4 amide bonds. The molecule has 0 aromatic heterocycles. The van der Waals surface area contributed by atoms with Gasteiger partial charge in [-0.2, -0.15) is 11.8 Å². The molecule has 3 saturated heterocycles. The first-order valence-corrected chi connectivity index (χ1v) is 32.5. The third-order valence-electron chi connectivity index (χ3n) is 16.2. The van der Waals surface area contributed by atoms with Crippen molar-refractivity contribution in [1.82, 2.24) is 21.3 Å². The van der Waals surface area contributed by atoms with Gasteiger partial charge >= 0.3 is 6.03 Å². The number of ether oxygens (including phenoxy) is 2. The molecule has 75 heavy (non-hydrogen) atoms. The second-order valence-electron chi connectivity index (χ2n) is 23.0. The first kappa shape index (κ1) is 67.6. The number of hydrogen-bond donors (Lipinski definition) is 9. The number of aliphatic hydroxyl groups is 5. The lowest BCUT2D eigenvalue weighted by Crippen LogP contribution is -2.61. The molecular weight excluding hydrogens is 969 g/mol. The van der Waals surface area contributed by atoms with E-state index in [4.69, 9.17) is 9.47 Å². The van der Waals surface area contributed by atoms with Crippen LogP contribution in [0.5, 0.6) is 0 Å². The van der Waals surface area contributed by atoms with Crippen molar-refractivity contribution in [3.8, 4) is 0 Å². The summed E-state index contributed by atoms with van der Waals surface area (Å²) >= 11 is 1.83. The van der Waals surface area contributed by atoms with Gasteiger partial charge in [0, 0.05) is 30.4 Å². The van der Waals surface area contributed by atoms with Gasteiger partial charge in [-0.3, -0.25) is 9.59 Å². The number of unbranched alkanes of at least 4 members (excludes halogenated alkanes) is 34. The third kappa shape index (κ3) is 31.0. The molecule has 0 unspecified atom stereocenters. The van der Waals surface area contributed by atoms with Crippen molar-refractivity contribution in [1.29, 1.82) is 0 Å². The molecule has 0 spiro atoms. The standard InChI is InChI=1S/C60H114N4O10S/c1-3-5-7-9-11-13-15-17-18-19-20-21-22-23-24-25-26-27-29-31-33-35-37-43-53(67)62-47(55(68)49(65)40-36-34-32-30-28-16-14-12-10-8-6-4-2)45-73-59-58(71)57(70)56(69)50(74-59)44-61-52(66)42-39-38-41-51-54-48(46-75-51)63-60(72)64-54/h47-51,54-59,65,68-71H,3-46H2,1-2H3,(H,61,66)(H,62,67)(H2,63,64,72)/t47-,48-,49+,50+,51-,54-,55-,56-,57-,58+,59-/m0/s1. The lowest BCUT2D eigenvalue weighted by atomic mass is 9.98. The molecule has 0 aliphatic carbocycles. The number of thioether (sulfide) groups is 1. The number of rotatable bonds is 50. The van der Waals surface area contributed by atoms with E-state index in [1.165, 1.54) is 173 Å². The van der Waals surface area contributed by atoms with Crippen LogP contribution < -0.4 is 21.3 Å². The van der Waals surface area contributed by atoms with E-state index in [1.807, 2.05) is 11.8 Å². The van der Waals surface area contributed by atoms with Gasteiger partial charge < -0.3 is 56.3 Å². The van der Waals surface area contributed by atoms with Crippen LogP contribution in [0.3, 0.4) is 0 Å². The highest BCUT2D eigenvalue weighted by atomic mass is 32.2. The topological polar surface area (TPSA) is 219 Å². The summed E-state index contributed by atoms with van der Waals surface area (Å²) in [5, 5.41) is 67.0. The molecule has 0 aromatic carbocycles. The molecule has 0 saturated carbocycles. The van der Waals surface area contributed by atoms with Crippen molar-refractivity contribution >= 4 is 29.6 Å². The minimum Gasteiger partial charge on any atom is -0.390 e. The lowest BCUT2D eigenvalue weighted by Gasteiger charge is -2.41. The van der Waals surface area contributed by atoms with Crippen LogP contribution in [0.15, 0.2) is 0 Å². The van der Waals surface area contributed by atoms with Crippen LogP contribution in [0.1, 0.15) is 277 Å². The second kappa shape index (κ2) is 44.1. The highest BCUT2D eigenvalue weighted by Gasteiger charge is 2.45. The summed E-state index contributed by atoms with van der Waals surface area (Å²) in [5.41, 5.74) is 0. The van der Waals surface area contributed by atoms with E-state index in [0.29, 0.717) is 24.5 Å². The summed E-state index contributed by atoms with van der Waals surface area (Å²) in [6.45, 7) is 4.06. The zero-order valence-corrected chi connectivity index (χ0v) is 48.5. The van der Waals surface area contributed by atoms with Gasteiger partial charge in [-0.15, -0.1) is 0 Å². The van der Waals surface area contributed by atoms with Crippen molar-refractivity contribution in [2.45, 2.75) is 343 Å². The molecule has 3 heterocycles. The Morgan fingerprint density at radius 1 is 0.587 bits per heavy atom. The summed E-state index contributed by atoms with van der Waals surface area (Å²) in [6, 6.07) is -0.888. The highest BCUT2D eigenvalue weighted by Crippen LogP contribution is 2.33. The fourth-order valence-corrected chi connectivity index (χ4v) is 12.8. The molecule has 14 nitrogen and oxygen atoms in total. The predicted molar refractivity (Wildman–Crippen MR) is 306 cm³/mol. The van der Waals surface area contributed by atoms with Crippen LogP contribution in [0.2, 0.25) is 0 Å². The minimum atomic E-state index is -1.65. The summed E-state index contributed by atoms with van der Waals surface area (Å²) in [4.78, 5) is 37.8. The molecule has 15 heteroatoms.